The van der Waals surface area contributed by atoms with E-state index < -0.39 is 0 Å². The molecule has 5 rings (SSSR count). The maximum atomic E-state index is 12.8. The fourth-order valence-corrected chi connectivity index (χ4v) is 9.90. The normalized spacial score (nSPS) is 47.4. The van der Waals surface area contributed by atoms with Gasteiger partial charge < -0.3 is 4.74 Å². The van der Waals surface area contributed by atoms with Gasteiger partial charge in [0, 0.05) is 5.92 Å². The highest BCUT2D eigenvalue weighted by atomic mass is 16.6. The summed E-state index contributed by atoms with van der Waals surface area (Å²) in [6.45, 7) is 16.1. The van der Waals surface area contributed by atoms with Gasteiger partial charge in [-0.3, -0.25) is 4.79 Å². The fourth-order valence-electron chi connectivity index (χ4n) is 9.90. The van der Waals surface area contributed by atoms with Gasteiger partial charge in [-0.15, -0.1) is 0 Å². The predicted molar refractivity (Wildman–Crippen MR) is 140 cm³/mol. The molecule has 9 unspecified atom stereocenters. The third-order valence-electron chi connectivity index (χ3n) is 11.1. The van der Waals surface area contributed by atoms with Crippen molar-refractivity contribution in [1.29, 1.82) is 0 Å². The first kappa shape index (κ1) is 26.8. The van der Waals surface area contributed by atoms with Gasteiger partial charge in [0.15, 0.2) is 0 Å². The number of carbonyl (C=O) groups excluding carboxylic acids is 1. The summed E-state index contributed by atoms with van der Waals surface area (Å²) in [6.07, 6.45) is 15.6. The topological polar surface area (TPSA) is 26.3 Å². The molecule has 4 saturated carbocycles. The van der Waals surface area contributed by atoms with Gasteiger partial charge in [-0.2, -0.15) is 0 Å². The summed E-state index contributed by atoms with van der Waals surface area (Å²) in [6, 6.07) is 0. The van der Waals surface area contributed by atoms with E-state index in [1.54, 1.807) is 0 Å². The van der Waals surface area contributed by atoms with Gasteiger partial charge in [0.1, 0.15) is 6.10 Å². The molecule has 2 nitrogen and oxygen atoms in total. The van der Waals surface area contributed by atoms with Crippen molar-refractivity contribution in [2.45, 2.75) is 126 Å². The Morgan fingerprint density at radius 1 is 0.970 bits per heavy atom. The van der Waals surface area contributed by atoms with E-state index in [2.05, 4.69) is 40.7 Å². The Hall–Kier alpha value is -0.790. The fraction of sp³-hybridized carbons (Fsp3) is 0.903. The molecular weight excluding hydrogens is 404 g/mol. The molecule has 0 aromatic heterocycles. The first-order chi connectivity index (χ1) is 15.3. The molecule has 0 aromatic carbocycles. The summed E-state index contributed by atoms with van der Waals surface area (Å²) in [5, 5.41) is 0. The zero-order valence-electron chi connectivity index (χ0n) is 22.1. The molecule has 1 saturated heterocycles. The minimum atomic E-state index is 0. The first-order valence-corrected chi connectivity index (χ1v) is 14.1. The maximum absolute atomic E-state index is 12.8. The molecule has 5 aliphatic rings. The van der Waals surface area contributed by atoms with E-state index in [0.29, 0.717) is 22.7 Å². The van der Waals surface area contributed by atoms with Gasteiger partial charge in [0.2, 0.25) is 0 Å². The highest BCUT2D eigenvalue weighted by Crippen LogP contribution is 2.70. The van der Waals surface area contributed by atoms with Gasteiger partial charge in [-0.1, -0.05) is 66.5 Å². The first-order valence-electron chi connectivity index (χ1n) is 14.1. The van der Waals surface area contributed by atoms with E-state index >= 15 is 0 Å². The Balaban J connectivity index is 0.000000994. The molecule has 10 atom stereocenters. The van der Waals surface area contributed by atoms with Crippen molar-refractivity contribution < 1.29 is 9.53 Å². The summed E-state index contributed by atoms with van der Waals surface area (Å²) in [5.41, 5.74) is 2.31. The van der Waals surface area contributed by atoms with Crippen LogP contribution in [-0.2, 0) is 9.53 Å². The second-order valence-corrected chi connectivity index (χ2v) is 12.7. The van der Waals surface area contributed by atoms with E-state index in [0.717, 1.165) is 42.9 Å². The van der Waals surface area contributed by atoms with Crippen LogP contribution >= 0.6 is 0 Å². The lowest BCUT2D eigenvalue weighted by Gasteiger charge is -2.62. The molecule has 5 fully saturated rings. The second-order valence-electron chi connectivity index (χ2n) is 12.7. The van der Waals surface area contributed by atoms with Crippen LogP contribution in [0.3, 0.4) is 0 Å². The lowest BCUT2D eigenvalue weighted by Crippen LogP contribution is -2.55. The third kappa shape index (κ3) is 4.24. The highest BCUT2D eigenvalue weighted by molar-refractivity contribution is 5.75. The average Bonchev–Trinajstić information content (AvgIpc) is 3.20. The summed E-state index contributed by atoms with van der Waals surface area (Å²) in [7, 11) is 0. The van der Waals surface area contributed by atoms with Crippen molar-refractivity contribution in [3.05, 3.63) is 11.6 Å². The van der Waals surface area contributed by atoms with Crippen molar-refractivity contribution in [2.75, 3.05) is 0 Å². The van der Waals surface area contributed by atoms with Crippen LogP contribution in [0.1, 0.15) is 120 Å². The molecule has 0 radical (unpaired) electrons. The molecule has 0 amide bonds. The molecular formula is C31H54O2. The van der Waals surface area contributed by atoms with E-state index in [1.165, 1.54) is 50.5 Å². The summed E-state index contributed by atoms with van der Waals surface area (Å²) >= 11 is 0. The van der Waals surface area contributed by atoms with Crippen molar-refractivity contribution in [3.8, 4) is 0 Å². The summed E-state index contributed by atoms with van der Waals surface area (Å²) in [4.78, 5) is 12.8. The van der Waals surface area contributed by atoms with Crippen molar-refractivity contribution in [2.24, 2.45) is 52.3 Å². The Morgan fingerprint density at radius 2 is 1.58 bits per heavy atom. The Kier molecular flexibility index (Phi) is 8.17. The minimum absolute atomic E-state index is 0. The second kappa shape index (κ2) is 10.1. The Labute approximate surface area is 205 Å². The molecule has 0 N–H and O–H groups in total. The van der Waals surface area contributed by atoms with E-state index in [4.69, 9.17) is 4.74 Å². The quantitative estimate of drug-likeness (QED) is 0.312. The average molecular weight is 459 g/mol. The molecule has 0 aromatic rings. The lowest BCUT2D eigenvalue weighted by atomic mass is 9.42. The van der Waals surface area contributed by atoms with E-state index in [9.17, 15) is 4.79 Å². The highest BCUT2D eigenvalue weighted by Gasteiger charge is 2.66. The number of carbonyl (C=O) groups is 1. The van der Waals surface area contributed by atoms with Crippen molar-refractivity contribution >= 4 is 5.97 Å². The van der Waals surface area contributed by atoms with Gasteiger partial charge in [0.05, 0.1) is 5.92 Å². The molecule has 1 heterocycles. The number of esters is 1. The van der Waals surface area contributed by atoms with Gasteiger partial charge in [-0.05, 0) is 106 Å². The Bertz CT molecular complexity index is 720. The number of ether oxygens (including phenoxy) is 1. The van der Waals surface area contributed by atoms with Crippen LogP contribution in [0.5, 0.6) is 0 Å². The molecule has 2 heteroatoms. The van der Waals surface area contributed by atoms with Gasteiger partial charge in [-0.25, -0.2) is 0 Å². The molecule has 0 bridgehead atoms. The van der Waals surface area contributed by atoms with Crippen LogP contribution in [0.2, 0.25) is 0 Å². The van der Waals surface area contributed by atoms with Crippen LogP contribution in [0, 0.1) is 52.3 Å². The zero-order chi connectivity index (χ0) is 23.3. The lowest BCUT2D eigenvalue weighted by molar-refractivity contribution is -0.152. The molecule has 4 aliphatic carbocycles. The number of rotatable bonds is 3. The van der Waals surface area contributed by atoms with Crippen LogP contribution in [0.15, 0.2) is 11.6 Å². The van der Waals surface area contributed by atoms with Crippen LogP contribution < -0.4 is 0 Å². The smallest absolute Gasteiger partial charge is 0.309 e. The Morgan fingerprint density at radius 3 is 2.24 bits per heavy atom. The van der Waals surface area contributed by atoms with Gasteiger partial charge in [0.25, 0.3) is 0 Å². The molecule has 190 valence electrons. The van der Waals surface area contributed by atoms with Crippen molar-refractivity contribution in [3.63, 3.8) is 0 Å². The number of allylic oxidation sites excluding steroid dienone is 2. The van der Waals surface area contributed by atoms with Crippen LogP contribution in [-0.4, -0.2) is 12.1 Å². The standard InChI is InChI=1S/C28H44O2.C2H6.CH4/c1-17(2)8-6-10-19-25-23-14-13-21-22(28(23,5)16-24(25)30-26(19)29)12-11-20-18(3)9-7-15-27(20,21)4;1-2;/h8,18-25H,6-7,9-16H2,1-5H3;1-2H3;1H4/t18-,19?,20?,21?,22?,23?,24?,25?,27?,28?;;/m1../s1. The zero-order valence-corrected chi connectivity index (χ0v) is 22.1. The molecule has 1 aliphatic heterocycles. The monoisotopic (exact) mass is 458 g/mol. The largest absolute Gasteiger partial charge is 0.462 e. The molecule has 0 spiro atoms. The van der Waals surface area contributed by atoms with E-state index in [-0.39, 0.29) is 25.4 Å². The summed E-state index contributed by atoms with van der Waals surface area (Å²) in [5.74, 6) is 5.08. The van der Waals surface area contributed by atoms with Gasteiger partial charge >= 0.3 is 5.97 Å². The van der Waals surface area contributed by atoms with E-state index in [1.807, 2.05) is 13.8 Å². The van der Waals surface area contributed by atoms with Crippen LogP contribution in [0.4, 0.5) is 0 Å². The van der Waals surface area contributed by atoms with Crippen molar-refractivity contribution in [1.82, 2.24) is 0 Å². The predicted octanol–water partition coefficient (Wildman–Crippen LogP) is 8.84. The third-order valence-corrected chi connectivity index (χ3v) is 11.1. The maximum Gasteiger partial charge on any atom is 0.309 e. The molecule has 33 heavy (non-hydrogen) atoms. The summed E-state index contributed by atoms with van der Waals surface area (Å²) < 4.78 is 6.08. The number of hydrogen-bond donors (Lipinski definition) is 0. The SMILES string of the molecule is C.CC.CC(C)=CCCC1C(=O)OC2CC3(C)C(CCC4C3CCC3[C@H](C)CCCC43C)C21. The number of hydrogen-bond acceptors (Lipinski definition) is 2. The minimum Gasteiger partial charge on any atom is -0.462 e. The number of fused-ring (bicyclic) bond motifs is 7. The van der Waals surface area contributed by atoms with Crippen LogP contribution in [0.25, 0.3) is 0 Å².